The van der Waals surface area contributed by atoms with Gasteiger partial charge in [0.15, 0.2) is 0 Å². The number of imidazole rings is 1. The molecule has 1 N–H and O–H groups in total. The van der Waals surface area contributed by atoms with Crippen LogP contribution < -0.4 is 4.90 Å². The van der Waals surface area contributed by atoms with Gasteiger partial charge in [0.1, 0.15) is 0 Å². The molecule has 0 aliphatic rings. The van der Waals surface area contributed by atoms with Crippen molar-refractivity contribution >= 4 is 5.95 Å². The van der Waals surface area contributed by atoms with E-state index in [4.69, 9.17) is 4.98 Å². The van der Waals surface area contributed by atoms with Gasteiger partial charge in [-0.1, -0.05) is 92.8 Å². The van der Waals surface area contributed by atoms with Crippen LogP contribution in [0, 0.1) is 6.92 Å². The van der Waals surface area contributed by atoms with Crippen molar-refractivity contribution in [3.63, 3.8) is 0 Å². The number of aromatic amines is 1. The Morgan fingerprint density at radius 2 is 1.63 bits per heavy atom. The van der Waals surface area contributed by atoms with E-state index in [0.29, 0.717) is 0 Å². The smallest absolute Gasteiger partial charge is 0.203 e. The molecule has 3 nitrogen and oxygen atoms in total. The van der Waals surface area contributed by atoms with Crippen LogP contribution in [0.15, 0.2) is 60.8 Å². The first-order valence-corrected chi connectivity index (χ1v) is 10.2. The summed E-state index contributed by atoms with van der Waals surface area (Å²) in [6.07, 6.45) is 8.37. The number of aromatic nitrogens is 2. The summed E-state index contributed by atoms with van der Waals surface area (Å²) in [5, 5.41) is 0. The van der Waals surface area contributed by atoms with E-state index in [9.17, 15) is 0 Å². The van der Waals surface area contributed by atoms with Crippen LogP contribution in [-0.4, -0.2) is 16.5 Å². The van der Waals surface area contributed by atoms with Crippen LogP contribution >= 0.6 is 0 Å². The summed E-state index contributed by atoms with van der Waals surface area (Å²) in [5.74, 6) is 0.963. The van der Waals surface area contributed by atoms with E-state index < -0.39 is 0 Å². The van der Waals surface area contributed by atoms with Gasteiger partial charge < -0.3 is 9.88 Å². The van der Waals surface area contributed by atoms with E-state index in [0.717, 1.165) is 24.7 Å². The van der Waals surface area contributed by atoms with Gasteiger partial charge in [0.05, 0.1) is 11.9 Å². The fourth-order valence-corrected chi connectivity index (χ4v) is 3.32. The molecule has 1 heterocycles. The van der Waals surface area contributed by atoms with E-state index in [2.05, 4.69) is 78.3 Å². The molecule has 1 aromatic heterocycles. The third kappa shape index (κ3) is 5.72. The maximum atomic E-state index is 4.70. The van der Waals surface area contributed by atoms with Crippen molar-refractivity contribution in [2.75, 3.05) is 11.4 Å². The lowest BCUT2D eigenvalue weighted by Crippen LogP contribution is -2.25. The first-order chi connectivity index (χ1) is 13.3. The molecule has 0 saturated heterocycles. The maximum Gasteiger partial charge on any atom is 0.203 e. The molecule has 0 saturated carbocycles. The summed E-state index contributed by atoms with van der Waals surface area (Å²) >= 11 is 0. The second-order valence-electron chi connectivity index (χ2n) is 7.31. The van der Waals surface area contributed by atoms with Crippen molar-refractivity contribution in [1.82, 2.24) is 9.97 Å². The highest BCUT2D eigenvalue weighted by molar-refractivity contribution is 5.61. The molecule has 0 atom stereocenters. The van der Waals surface area contributed by atoms with Gasteiger partial charge in [0.2, 0.25) is 5.95 Å². The topological polar surface area (TPSA) is 31.9 Å². The molecule has 142 valence electrons. The molecule has 0 amide bonds. The minimum absolute atomic E-state index is 0.884. The van der Waals surface area contributed by atoms with Gasteiger partial charge >= 0.3 is 0 Å². The molecule has 3 heteroatoms. The highest BCUT2D eigenvalue weighted by atomic mass is 15.3. The monoisotopic (exact) mass is 361 g/mol. The van der Waals surface area contributed by atoms with Crippen LogP contribution in [0.2, 0.25) is 0 Å². The van der Waals surface area contributed by atoms with E-state index >= 15 is 0 Å². The maximum absolute atomic E-state index is 4.70. The highest BCUT2D eigenvalue weighted by Gasteiger charge is 2.12. The fourth-order valence-electron chi connectivity index (χ4n) is 3.32. The first-order valence-electron chi connectivity index (χ1n) is 10.2. The molecule has 0 spiro atoms. The number of anilines is 1. The van der Waals surface area contributed by atoms with E-state index in [1.165, 1.54) is 48.8 Å². The second-order valence-corrected chi connectivity index (χ2v) is 7.31. The lowest BCUT2D eigenvalue weighted by molar-refractivity contribution is 0.613. The minimum atomic E-state index is 0.884. The number of unbranched alkanes of at least 4 members (excludes halogenated alkanes) is 4. The van der Waals surface area contributed by atoms with Crippen LogP contribution in [-0.2, 0) is 6.54 Å². The Balaban J connectivity index is 1.72. The summed E-state index contributed by atoms with van der Waals surface area (Å²) in [6.45, 7) is 6.29. The number of aryl methyl sites for hydroxylation is 1. The Bertz CT molecular complexity index is 790. The molecule has 0 aliphatic heterocycles. The standard InChI is InChI=1S/C24H31N3/c1-3-4-5-6-10-17-27(19-21-11-8-7-9-12-21)24-25-18-23(26-24)22-15-13-20(2)14-16-22/h7-9,11-16,18H,3-6,10,17,19H2,1-2H3,(H,25,26). The largest absolute Gasteiger partial charge is 0.338 e. The number of rotatable bonds is 10. The summed E-state index contributed by atoms with van der Waals surface area (Å²) in [6, 6.07) is 19.3. The molecule has 3 aromatic rings. The number of hydrogen-bond acceptors (Lipinski definition) is 2. The van der Waals surface area contributed by atoms with E-state index in [1.807, 2.05) is 6.20 Å². The number of benzene rings is 2. The summed E-state index contributed by atoms with van der Waals surface area (Å²) < 4.78 is 0. The molecule has 3 rings (SSSR count). The van der Waals surface area contributed by atoms with Crippen LogP contribution in [0.4, 0.5) is 5.95 Å². The summed E-state index contributed by atoms with van der Waals surface area (Å²) in [5.41, 5.74) is 4.85. The van der Waals surface area contributed by atoms with Gasteiger partial charge in [0.25, 0.3) is 0 Å². The molecule has 2 aromatic carbocycles. The van der Waals surface area contributed by atoms with Gasteiger partial charge in [0, 0.05) is 13.1 Å². The zero-order chi connectivity index (χ0) is 18.9. The Kier molecular flexibility index (Phi) is 7.09. The van der Waals surface area contributed by atoms with Crippen LogP contribution in [0.25, 0.3) is 11.3 Å². The molecule has 0 aliphatic carbocycles. The van der Waals surface area contributed by atoms with Crippen molar-refractivity contribution in [2.45, 2.75) is 52.5 Å². The predicted octanol–water partition coefficient (Wildman–Crippen LogP) is 6.36. The Hall–Kier alpha value is -2.55. The zero-order valence-corrected chi connectivity index (χ0v) is 16.6. The molecule has 0 unspecified atom stereocenters. The molecule has 0 radical (unpaired) electrons. The van der Waals surface area contributed by atoms with Crippen molar-refractivity contribution in [3.05, 3.63) is 71.9 Å². The second kappa shape index (κ2) is 9.96. The normalized spacial score (nSPS) is 10.9. The van der Waals surface area contributed by atoms with Gasteiger partial charge in [-0.25, -0.2) is 4.98 Å². The van der Waals surface area contributed by atoms with Crippen LogP contribution in [0.3, 0.4) is 0 Å². The molecule has 0 fully saturated rings. The predicted molar refractivity (Wildman–Crippen MR) is 115 cm³/mol. The van der Waals surface area contributed by atoms with Crippen molar-refractivity contribution < 1.29 is 0 Å². The average Bonchev–Trinajstić information content (AvgIpc) is 3.18. The molecule has 0 bridgehead atoms. The number of H-pyrrole nitrogens is 1. The lowest BCUT2D eigenvalue weighted by atomic mass is 10.1. The van der Waals surface area contributed by atoms with Gasteiger partial charge in [-0.2, -0.15) is 0 Å². The Labute approximate surface area is 163 Å². The van der Waals surface area contributed by atoms with Gasteiger partial charge in [-0.15, -0.1) is 0 Å². The highest BCUT2D eigenvalue weighted by Crippen LogP contribution is 2.22. The summed E-state index contributed by atoms with van der Waals surface area (Å²) in [4.78, 5) is 10.6. The van der Waals surface area contributed by atoms with Gasteiger partial charge in [-0.05, 0) is 24.5 Å². The Morgan fingerprint density at radius 3 is 2.37 bits per heavy atom. The minimum Gasteiger partial charge on any atom is -0.338 e. The molecular weight excluding hydrogens is 330 g/mol. The van der Waals surface area contributed by atoms with Crippen LogP contribution in [0.1, 0.15) is 50.2 Å². The molecular formula is C24H31N3. The van der Waals surface area contributed by atoms with E-state index in [1.54, 1.807) is 0 Å². The third-order valence-corrected chi connectivity index (χ3v) is 4.97. The Morgan fingerprint density at radius 1 is 0.889 bits per heavy atom. The summed E-state index contributed by atoms with van der Waals surface area (Å²) in [7, 11) is 0. The quantitative estimate of drug-likeness (QED) is 0.426. The average molecular weight is 362 g/mol. The number of nitrogens with zero attached hydrogens (tertiary/aromatic N) is 2. The van der Waals surface area contributed by atoms with Gasteiger partial charge in [-0.3, -0.25) is 0 Å². The van der Waals surface area contributed by atoms with Crippen molar-refractivity contribution in [3.8, 4) is 11.3 Å². The molecule has 27 heavy (non-hydrogen) atoms. The van der Waals surface area contributed by atoms with Crippen molar-refractivity contribution in [2.24, 2.45) is 0 Å². The fraction of sp³-hybridized carbons (Fsp3) is 0.375. The number of nitrogens with one attached hydrogen (secondary N) is 1. The zero-order valence-electron chi connectivity index (χ0n) is 16.6. The first kappa shape index (κ1) is 19.2. The van der Waals surface area contributed by atoms with Crippen molar-refractivity contribution in [1.29, 1.82) is 0 Å². The lowest BCUT2D eigenvalue weighted by Gasteiger charge is -2.22. The third-order valence-electron chi connectivity index (χ3n) is 4.97. The van der Waals surface area contributed by atoms with E-state index in [-0.39, 0.29) is 0 Å². The van der Waals surface area contributed by atoms with Crippen LogP contribution in [0.5, 0.6) is 0 Å². The SMILES string of the molecule is CCCCCCCN(Cc1ccccc1)c1ncc(-c2ccc(C)cc2)[nH]1. The number of hydrogen-bond donors (Lipinski definition) is 1.